The molecule has 1 aromatic heterocycles. The largest absolute Gasteiger partial charge is 0.494 e. The number of aromatic hydroxyl groups is 1. The first-order valence-corrected chi connectivity index (χ1v) is 10.6. The second kappa shape index (κ2) is 8.82. The summed E-state index contributed by atoms with van der Waals surface area (Å²) in [6.45, 7) is 0.203. The van der Waals surface area contributed by atoms with Crippen molar-refractivity contribution < 1.29 is 24.2 Å². The minimum Gasteiger partial charge on any atom is -0.494 e. The molecule has 176 valence electrons. The minimum absolute atomic E-state index is 0.0765. The molecule has 2 heterocycles. The summed E-state index contributed by atoms with van der Waals surface area (Å²) in [4.78, 5) is 28.3. The fourth-order valence-corrected chi connectivity index (χ4v) is 3.93. The van der Waals surface area contributed by atoms with Crippen LogP contribution in [0.15, 0.2) is 70.5 Å². The number of ether oxygens (including phenoxy) is 3. The quantitative estimate of drug-likeness (QED) is 0.253. The van der Waals surface area contributed by atoms with Gasteiger partial charge in [0.25, 0.3) is 11.2 Å². The van der Waals surface area contributed by atoms with Crippen LogP contribution in [0.3, 0.4) is 0 Å². The van der Waals surface area contributed by atoms with Gasteiger partial charge in [-0.25, -0.2) is 0 Å². The summed E-state index contributed by atoms with van der Waals surface area (Å²) in [6.07, 6.45) is 1.37. The number of pyridine rings is 1. The summed E-state index contributed by atoms with van der Waals surface area (Å²) < 4.78 is 17.3. The zero-order valence-corrected chi connectivity index (χ0v) is 18.5. The lowest BCUT2D eigenvalue weighted by molar-refractivity contribution is -0.384. The fraction of sp³-hybridized carbons (Fsp3) is 0.120. The van der Waals surface area contributed by atoms with Gasteiger partial charge in [0.15, 0.2) is 11.5 Å². The molecule has 0 fully saturated rings. The van der Waals surface area contributed by atoms with Gasteiger partial charge in [-0.2, -0.15) is 0 Å². The molecule has 10 heteroatoms. The second-order valence-corrected chi connectivity index (χ2v) is 7.73. The monoisotopic (exact) mass is 473 g/mol. The van der Waals surface area contributed by atoms with Gasteiger partial charge in [0.1, 0.15) is 11.4 Å². The molecule has 1 aliphatic rings. The summed E-state index contributed by atoms with van der Waals surface area (Å²) in [5, 5.41) is 23.2. The van der Waals surface area contributed by atoms with Gasteiger partial charge in [-0.1, -0.05) is 24.3 Å². The zero-order valence-electron chi connectivity index (χ0n) is 18.5. The number of methoxy groups -OCH3 is 1. The Morgan fingerprint density at radius 3 is 2.66 bits per heavy atom. The van der Waals surface area contributed by atoms with Crippen LogP contribution in [-0.2, 0) is 6.54 Å². The first-order valence-electron chi connectivity index (χ1n) is 10.6. The van der Waals surface area contributed by atoms with Crippen LogP contribution in [0.1, 0.15) is 11.1 Å². The Kier molecular flexibility index (Phi) is 5.54. The Morgan fingerprint density at radius 1 is 1.11 bits per heavy atom. The highest BCUT2D eigenvalue weighted by atomic mass is 16.7. The molecule has 0 unspecified atom stereocenters. The molecular weight excluding hydrogens is 454 g/mol. The molecule has 0 amide bonds. The van der Waals surface area contributed by atoms with Gasteiger partial charge in [-0.15, -0.1) is 0 Å². The maximum atomic E-state index is 13.2. The molecule has 1 aliphatic heterocycles. The number of hydrogen-bond donors (Lipinski definition) is 1. The van der Waals surface area contributed by atoms with Crippen LogP contribution >= 0.6 is 0 Å². The van der Waals surface area contributed by atoms with E-state index in [2.05, 4.69) is 4.99 Å². The fourth-order valence-electron chi connectivity index (χ4n) is 3.93. The highest BCUT2D eigenvalue weighted by molar-refractivity contribution is 6.02. The second-order valence-electron chi connectivity index (χ2n) is 7.73. The van der Waals surface area contributed by atoms with E-state index < -0.39 is 4.92 Å². The number of non-ortho nitro benzene ring substituents is 1. The van der Waals surface area contributed by atoms with Crippen molar-refractivity contribution in [2.75, 3.05) is 13.9 Å². The van der Waals surface area contributed by atoms with E-state index in [1.165, 1.54) is 36.1 Å². The number of nitro benzene ring substituents is 1. The summed E-state index contributed by atoms with van der Waals surface area (Å²) >= 11 is 0. The first-order chi connectivity index (χ1) is 17.0. The van der Waals surface area contributed by atoms with Gasteiger partial charge >= 0.3 is 0 Å². The lowest BCUT2D eigenvalue weighted by Gasteiger charge is -2.14. The van der Waals surface area contributed by atoms with Gasteiger partial charge in [0, 0.05) is 29.1 Å². The van der Waals surface area contributed by atoms with Crippen molar-refractivity contribution in [3.05, 3.63) is 92.3 Å². The summed E-state index contributed by atoms with van der Waals surface area (Å²) in [5.74, 6) is 1.21. The van der Waals surface area contributed by atoms with E-state index in [0.29, 0.717) is 28.0 Å². The number of rotatable bonds is 6. The van der Waals surface area contributed by atoms with Crippen LogP contribution in [0.5, 0.6) is 23.1 Å². The topological polar surface area (TPSA) is 125 Å². The molecule has 5 rings (SSSR count). The van der Waals surface area contributed by atoms with Gasteiger partial charge < -0.3 is 19.3 Å². The lowest BCUT2D eigenvalue weighted by Crippen LogP contribution is -2.22. The van der Waals surface area contributed by atoms with Crippen molar-refractivity contribution >= 4 is 28.4 Å². The Hall–Kier alpha value is -4.86. The van der Waals surface area contributed by atoms with Gasteiger partial charge in [-0.05, 0) is 29.8 Å². The molecule has 35 heavy (non-hydrogen) atoms. The smallest absolute Gasteiger partial charge is 0.271 e. The predicted molar refractivity (Wildman–Crippen MR) is 128 cm³/mol. The number of aliphatic imine (C=N–C) groups is 1. The highest BCUT2D eigenvalue weighted by Crippen LogP contribution is 2.34. The molecule has 0 saturated heterocycles. The van der Waals surface area contributed by atoms with Crippen molar-refractivity contribution in [1.29, 1.82) is 0 Å². The molecule has 0 bridgehead atoms. The molecule has 0 saturated carbocycles. The minimum atomic E-state index is -0.531. The first kappa shape index (κ1) is 22.0. The number of aromatic nitrogens is 1. The molecule has 10 nitrogen and oxygen atoms in total. The maximum Gasteiger partial charge on any atom is 0.271 e. The Bertz CT molecular complexity index is 1560. The molecule has 1 N–H and O–H groups in total. The number of hydrogen-bond acceptors (Lipinski definition) is 8. The molecule has 3 aromatic carbocycles. The molecular formula is C25H19N3O7. The number of benzene rings is 3. The van der Waals surface area contributed by atoms with Crippen LogP contribution in [0.2, 0.25) is 0 Å². The van der Waals surface area contributed by atoms with Crippen molar-refractivity contribution in [3.8, 4) is 23.1 Å². The SMILES string of the molecule is COc1ccc([N+](=O)[O-])cc1N=Cc1c(O)n(Cc2ccc3c(c2)OCO3)c(=O)c2ccccc12. The van der Waals surface area contributed by atoms with E-state index in [1.807, 2.05) is 0 Å². The van der Waals surface area contributed by atoms with E-state index in [9.17, 15) is 20.0 Å². The van der Waals surface area contributed by atoms with Crippen LogP contribution < -0.4 is 19.8 Å². The highest BCUT2D eigenvalue weighted by Gasteiger charge is 2.18. The maximum absolute atomic E-state index is 13.2. The van der Waals surface area contributed by atoms with Crippen LogP contribution in [0, 0.1) is 10.1 Å². The average molecular weight is 473 g/mol. The zero-order chi connectivity index (χ0) is 24.5. The van der Waals surface area contributed by atoms with Gasteiger partial charge in [0.05, 0.1) is 24.1 Å². The van der Waals surface area contributed by atoms with E-state index in [4.69, 9.17) is 14.2 Å². The summed E-state index contributed by atoms with van der Waals surface area (Å²) in [6, 6.07) is 16.2. The summed E-state index contributed by atoms with van der Waals surface area (Å²) in [5.41, 5.74) is 0.694. The molecule has 0 radical (unpaired) electrons. The Balaban J connectivity index is 1.63. The lowest BCUT2D eigenvalue weighted by atomic mass is 10.1. The van der Waals surface area contributed by atoms with Gasteiger partial charge in [0.2, 0.25) is 12.7 Å². The third kappa shape index (κ3) is 4.01. The standard InChI is InChI=1S/C25H19N3O7/c1-33-21-9-7-16(28(31)32)11-20(21)26-12-19-17-4-2-3-5-18(17)24(29)27(25(19)30)13-15-6-8-22-23(10-15)35-14-34-22/h2-12,30H,13-14H2,1H3. The molecule has 0 spiro atoms. The van der Waals surface area contributed by atoms with Crippen LogP contribution in [-0.4, -0.2) is 34.7 Å². The van der Waals surface area contributed by atoms with Crippen LogP contribution in [0.25, 0.3) is 10.8 Å². The third-order valence-corrected chi connectivity index (χ3v) is 5.67. The molecule has 0 aliphatic carbocycles. The van der Waals surface area contributed by atoms with E-state index in [-0.39, 0.29) is 41.7 Å². The predicted octanol–water partition coefficient (Wildman–Crippen LogP) is 4.15. The number of fused-ring (bicyclic) bond motifs is 2. The normalized spacial score (nSPS) is 12.4. The molecule has 0 atom stereocenters. The van der Waals surface area contributed by atoms with Crippen LogP contribution in [0.4, 0.5) is 11.4 Å². The average Bonchev–Trinajstić information content (AvgIpc) is 3.34. The van der Waals surface area contributed by atoms with Crippen molar-refractivity contribution in [1.82, 2.24) is 4.57 Å². The third-order valence-electron chi connectivity index (χ3n) is 5.67. The number of nitrogens with zero attached hydrogens (tertiary/aromatic N) is 3. The van der Waals surface area contributed by atoms with Gasteiger partial charge in [-0.3, -0.25) is 24.5 Å². The number of nitro groups is 1. The summed E-state index contributed by atoms with van der Waals surface area (Å²) in [7, 11) is 1.43. The van der Waals surface area contributed by atoms with Crippen molar-refractivity contribution in [2.45, 2.75) is 6.54 Å². The van der Waals surface area contributed by atoms with E-state index in [1.54, 1.807) is 42.5 Å². The Labute approximate surface area is 198 Å². The van der Waals surface area contributed by atoms with Crippen molar-refractivity contribution in [3.63, 3.8) is 0 Å². The van der Waals surface area contributed by atoms with Crippen molar-refractivity contribution in [2.24, 2.45) is 4.99 Å². The van der Waals surface area contributed by atoms with E-state index >= 15 is 0 Å². The molecule has 4 aromatic rings. The Morgan fingerprint density at radius 2 is 1.89 bits per heavy atom. The van der Waals surface area contributed by atoms with E-state index in [0.717, 1.165) is 5.56 Å².